The standard InChI is InChI=1S/C21H17F2N2O2.ClH.Pt/c1-2-3-12-27-21(26)18-19(22)14(16-8-4-6-10-24-16)13-15(20(18)23)17-9-5-7-11-25-17;;/h4-11H,2-3,12H2,1H3;1H;/q-1;;+2/p-1. The average molecular weight is 598 g/mol. The van der Waals surface area contributed by atoms with Crippen LogP contribution < -0.4 is 0 Å². The van der Waals surface area contributed by atoms with Crippen LogP contribution in [0.25, 0.3) is 22.5 Å². The van der Waals surface area contributed by atoms with Gasteiger partial charge in [0.15, 0.2) is 0 Å². The zero-order chi connectivity index (χ0) is 21.2. The summed E-state index contributed by atoms with van der Waals surface area (Å²) in [6, 6.07) is 12.5. The van der Waals surface area contributed by atoms with Crippen LogP contribution in [0.4, 0.5) is 8.78 Å². The minimum absolute atomic E-state index is 0.0880. The van der Waals surface area contributed by atoms with Gasteiger partial charge < -0.3 is 4.74 Å². The van der Waals surface area contributed by atoms with Crippen LogP contribution in [0.15, 0.2) is 48.8 Å². The molecule has 0 atom stereocenters. The van der Waals surface area contributed by atoms with Gasteiger partial charge in [-0.3, -0.25) is 18.7 Å². The molecule has 154 valence electrons. The van der Waals surface area contributed by atoms with E-state index in [0.717, 1.165) is 6.42 Å². The topological polar surface area (TPSA) is 52.1 Å². The third-order valence-corrected chi connectivity index (χ3v) is 3.91. The fraction of sp³-hybridized carbons (Fsp3) is 0.190. The van der Waals surface area contributed by atoms with Crippen LogP contribution >= 0.6 is 9.42 Å². The number of ether oxygens (including phenoxy) is 1. The van der Waals surface area contributed by atoms with Crippen molar-refractivity contribution in [1.82, 2.24) is 9.97 Å². The van der Waals surface area contributed by atoms with Gasteiger partial charge in [0.05, 0.1) is 23.8 Å². The van der Waals surface area contributed by atoms with Crippen molar-refractivity contribution in [2.75, 3.05) is 6.61 Å². The van der Waals surface area contributed by atoms with Gasteiger partial charge in [0.25, 0.3) is 0 Å². The molecule has 1 aromatic carbocycles. The molecule has 0 aliphatic carbocycles. The molecular formula is C21H17ClF2N2O2Pt. The minimum atomic E-state index is -1.05. The zero-order valence-electron chi connectivity index (χ0n) is 15.4. The Hall–Kier alpha value is -2.17. The van der Waals surface area contributed by atoms with E-state index in [1.807, 2.05) is 6.92 Å². The summed E-state index contributed by atoms with van der Waals surface area (Å²) in [5.74, 6) is -3.15. The van der Waals surface area contributed by atoms with Gasteiger partial charge in [-0.2, -0.15) is 0 Å². The fourth-order valence-corrected chi connectivity index (χ4v) is 2.52. The predicted molar refractivity (Wildman–Crippen MR) is 103 cm³/mol. The molecule has 0 bridgehead atoms. The summed E-state index contributed by atoms with van der Waals surface area (Å²) in [6.45, 7) is 2.01. The fourth-order valence-electron chi connectivity index (χ4n) is 2.52. The second-order valence-corrected chi connectivity index (χ2v) is 5.80. The van der Waals surface area contributed by atoms with Crippen LogP contribution in [0, 0.1) is 17.7 Å². The van der Waals surface area contributed by atoms with Gasteiger partial charge in [-0.15, -0.1) is 6.07 Å². The molecule has 0 fully saturated rings. The molecule has 8 heteroatoms. The molecule has 3 aromatic rings. The van der Waals surface area contributed by atoms with E-state index in [1.54, 1.807) is 55.2 Å². The van der Waals surface area contributed by atoms with Gasteiger partial charge in [0, 0.05) is 23.8 Å². The molecule has 0 saturated carbocycles. The molecule has 0 radical (unpaired) electrons. The molecule has 0 spiro atoms. The number of esters is 1. The maximum atomic E-state index is 15.0. The first-order chi connectivity index (χ1) is 14.1. The first kappa shape index (κ1) is 23.1. The number of benzene rings is 1. The van der Waals surface area contributed by atoms with Crippen LogP contribution in [-0.4, -0.2) is 22.5 Å². The van der Waals surface area contributed by atoms with Gasteiger partial charge in [-0.25, -0.2) is 4.79 Å². The number of unbranched alkanes of at least 4 members (excludes halogenated alkanes) is 1. The molecule has 0 saturated heterocycles. The van der Waals surface area contributed by atoms with E-state index in [9.17, 15) is 4.79 Å². The SMILES string of the molecule is CCCCOC(=O)c1c(F)c(-c2ccccn2)[c-]c(-c2ccccn2)c1F.[Cl][Pt+]. The van der Waals surface area contributed by atoms with Crippen LogP contribution in [0.1, 0.15) is 30.1 Å². The summed E-state index contributed by atoms with van der Waals surface area (Å²) < 4.78 is 35.1. The van der Waals surface area contributed by atoms with Crippen molar-refractivity contribution in [2.45, 2.75) is 19.8 Å². The normalized spacial score (nSPS) is 10.1. The van der Waals surface area contributed by atoms with Crippen molar-refractivity contribution in [3.05, 3.63) is 72.1 Å². The Kier molecular flexibility index (Phi) is 9.35. The number of halogens is 3. The Balaban J connectivity index is 0.00000145. The van der Waals surface area contributed by atoms with E-state index >= 15 is 8.78 Å². The number of hydrogen-bond acceptors (Lipinski definition) is 4. The Labute approximate surface area is 183 Å². The molecule has 0 aliphatic heterocycles. The molecule has 0 aliphatic rings. The van der Waals surface area contributed by atoms with Crippen molar-refractivity contribution in [2.24, 2.45) is 0 Å². The molecular weight excluding hydrogens is 581 g/mol. The molecule has 0 unspecified atom stereocenters. The molecule has 2 heterocycles. The summed E-state index contributed by atoms with van der Waals surface area (Å²) in [5, 5.41) is 0. The number of hydrogen-bond donors (Lipinski definition) is 0. The van der Waals surface area contributed by atoms with E-state index in [1.165, 1.54) is 12.4 Å². The Bertz CT molecular complexity index is 881. The summed E-state index contributed by atoms with van der Waals surface area (Å²) in [4.78, 5) is 20.5. The monoisotopic (exact) mass is 597 g/mol. The summed E-state index contributed by atoms with van der Waals surface area (Å²) in [6.07, 6.45) is 4.35. The Morgan fingerprint density at radius 2 is 1.55 bits per heavy atom. The van der Waals surface area contributed by atoms with Crippen molar-refractivity contribution >= 4 is 15.4 Å². The number of pyridine rings is 2. The maximum absolute atomic E-state index is 15.0. The van der Waals surface area contributed by atoms with Gasteiger partial charge in [0.1, 0.15) is 0 Å². The van der Waals surface area contributed by atoms with E-state index in [0.29, 0.717) is 6.42 Å². The third kappa shape index (κ3) is 5.68. The van der Waals surface area contributed by atoms with Gasteiger partial charge >= 0.3 is 34.2 Å². The molecule has 3 rings (SSSR count). The first-order valence-electron chi connectivity index (χ1n) is 8.69. The zero-order valence-corrected chi connectivity index (χ0v) is 18.4. The summed E-state index contributed by atoms with van der Waals surface area (Å²) >= 11 is 1.61. The molecule has 29 heavy (non-hydrogen) atoms. The van der Waals surface area contributed by atoms with Crippen molar-refractivity contribution in [3.63, 3.8) is 0 Å². The van der Waals surface area contributed by atoms with Gasteiger partial charge in [-0.05, 0) is 18.6 Å². The van der Waals surface area contributed by atoms with E-state index < -0.39 is 23.2 Å². The third-order valence-electron chi connectivity index (χ3n) is 3.91. The first-order valence-corrected chi connectivity index (χ1v) is 11.5. The number of aromatic nitrogens is 2. The van der Waals surface area contributed by atoms with E-state index in [-0.39, 0.29) is 29.1 Å². The number of carbonyl (C=O) groups is 1. The Morgan fingerprint density at radius 1 is 1.03 bits per heavy atom. The summed E-state index contributed by atoms with van der Waals surface area (Å²) in [5.41, 5.74) is -0.518. The van der Waals surface area contributed by atoms with Crippen molar-refractivity contribution in [3.8, 4) is 22.5 Å². The summed E-state index contributed by atoms with van der Waals surface area (Å²) in [7, 11) is 4.61. The molecule has 2 aromatic heterocycles. The Morgan fingerprint density at radius 3 is 1.97 bits per heavy atom. The molecule has 0 N–H and O–H groups in total. The van der Waals surface area contributed by atoms with Crippen molar-refractivity contribution < 1.29 is 37.1 Å². The van der Waals surface area contributed by atoms with E-state index in [2.05, 4.69) is 25.5 Å². The predicted octanol–water partition coefficient (Wildman–Crippen LogP) is 5.53. The second-order valence-electron chi connectivity index (χ2n) is 5.80. The van der Waals surface area contributed by atoms with Crippen LogP contribution in [0.3, 0.4) is 0 Å². The van der Waals surface area contributed by atoms with Crippen LogP contribution in [-0.2, 0) is 23.5 Å². The number of rotatable bonds is 6. The van der Waals surface area contributed by atoms with Crippen molar-refractivity contribution in [1.29, 1.82) is 0 Å². The van der Waals surface area contributed by atoms with Gasteiger partial charge in [-0.1, -0.05) is 48.7 Å². The van der Waals surface area contributed by atoms with Gasteiger partial charge in [0.2, 0.25) is 0 Å². The quantitative estimate of drug-likeness (QED) is 0.213. The van der Waals surface area contributed by atoms with Crippen LogP contribution in [0.2, 0.25) is 0 Å². The second kappa shape index (κ2) is 11.7. The average Bonchev–Trinajstić information content (AvgIpc) is 2.77. The van der Waals surface area contributed by atoms with Crippen LogP contribution in [0.5, 0.6) is 0 Å². The molecule has 4 nitrogen and oxygen atoms in total. The molecule has 0 amide bonds. The van der Waals surface area contributed by atoms with E-state index in [4.69, 9.17) is 4.74 Å². The number of carbonyl (C=O) groups excluding carboxylic acids is 1. The number of nitrogens with zero attached hydrogens (tertiary/aromatic N) is 2.